The lowest BCUT2D eigenvalue weighted by atomic mass is 10.1. The van der Waals surface area contributed by atoms with Crippen molar-refractivity contribution in [1.29, 1.82) is 0 Å². The molecule has 1 aliphatic rings. The van der Waals surface area contributed by atoms with Crippen molar-refractivity contribution in [3.8, 4) is 11.5 Å². The van der Waals surface area contributed by atoms with Crippen LogP contribution in [0.15, 0.2) is 53.2 Å². The summed E-state index contributed by atoms with van der Waals surface area (Å²) in [6, 6.07) is 13.0. The van der Waals surface area contributed by atoms with E-state index in [0.717, 1.165) is 11.1 Å². The number of carbonyl (C=O) groups excluding carboxylic acids is 1. The van der Waals surface area contributed by atoms with Crippen LogP contribution >= 0.6 is 0 Å². The van der Waals surface area contributed by atoms with Gasteiger partial charge in [0.25, 0.3) is 0 Å². The van der Waals surface area contributed by atoms with Gasteiger partial charge < -0.3 is 14.2 Å². The first-order valence-electron chi connectivity index (χ1n) is 7.42. The van der Waals surface area contributed by atoms with Crippen LogP contribution in [0.1, 0.15) is 16.7 Å². The van der Waals surface area contributed by atoms with Gasteiger partial charge in [0.05, 0.1) is 14.2 Å². The van der Waals surface area contributed by atoms with Crippen molar-refractivity contribution in [2.45, 2.75) is 6.92 Å². The van der Waals surface area contributed by atoms with Crippen LogP contribution in [0.5, 0.6) is 11.5 Å². The molecule has 0 saturated heterocycles. The lowest BCUT2D eigenvalue weighted by Crippen LogP contribution is -2.05. The van der Waals surface area contributed by atoms with E-state index in [-0.39, 0.29) is 11.6 Å². The lowest BCUT2D eigenvalue weighted by molar-refractivity contribution is -0.129. The van der Waals surface area contributed by atoms with Crippen LogP contribution < -0.4 is 9.47 Å². The third-order valence-corrected chi connectivity index (χ3v) is 3.63. The molecule has 3 rings (SSSR count). The zero-order valence-electron chi connectivity index (χ0n) is 13.7. The highest BCUT2D eigenvalue weighted by molar-refractivity contribution is 6.13. The fourth-order valence-electron chi connectivity index (χ4n) is 2.32. The monoisotopic (exact) mass is 323 g/mol. The Hall–Kier alpha value is -3.08. The molecule has 2 aromatic carbocycles. The number of rotatable bonds is 4. The number of hydrogen-bond acceptors (Lipinski definition) is 5. The van der Waals surface area contributed by atoms with Crippen LogP contribution in [0.2, 0.25) is 0 Å². The van der Waals surface area contributed by atoms with Gasteiger partial charge >= 0.3 is 5.97 Å². The second-order valence-electron chi connectivity index (χ2n) is 5.32. The standard InChI is InChI=1S/C19H17NO4/c1-12-4-6-13(7-5-12)10-15-19(21)24-18(20-15)14-8-9-16(22-2)17(11-14)23-3/h4-11H,1-3H3. The summed E-state index contributed by atoms with van der Waals surface area (Å²) < 4.78 is 15.7. The molecular weight excluding hydrogens is 306 g/mol. The number of cyclic esters (lactones) is 1. The van der Waals surface area contributed by atoms with Crippen molar-refractivity contribution < 1.29 is 19.0 Å². The number of aliphatic imine (C=N–C) groups is 1. The van der Waals surface area contributed by atoms with E-state index in [9.17, 15) is 4.79 Å². The molecule has 1 heterocycles. The molecule has 0 fully saturated rings. The third-order valence-electron chi connectivity index (χ3n) is 3.63. The molecule has 2 aromatic rings. The molecule has 0 aromatic heterocycles. The average Bonchev–Trinajstić information content (AvgIpc) is 2.97. The molecule has 24 heavy (non-hydrogen) atoms. The highest BCUT2D eigenvalue weighted by Crippen LogP contribution is 2.29. The zero-order valence-corrected chi connectivity index (χ0v) is 13.7. The SMILES string of the molecule is COc1ccc(C2=NC(=Cc3ccc(C)cc3)C(=O)O2)cc1OC. The van der Waals surface area contributed by atoms with Crippen LogP contribution in [-0.2, 0) is 9.53 Å². The predicted octanol–water partition coefficient (Wildman–Crippen LogP) is 3.36. The van der Waals surface area contributed by atoms with Gasteiger partial charge in [-0.2, -0.15) is 0 Å². The molecule has 0 spiro atoms. The van der Waals surface area contributed by atoms with E-state index in [2.05, 4.69) is 4.99 Å². The van der Waals surface area contributed by atoms with E-state index in [1.165, 1.54) is 0 Å². The fraction of sp³-hybridized carbons (Fsp3) is 0.158. The summed E-state index contributed by atoms with van der Waals surface area (Å²) in [5.41, 5.74) is 2.96. The van der Waals surface area contributed by atoms with E-state index >= 15 is 0 Å². The Morgan fingerprint density at radius 1 is 1.00 bits per heavy atom. The van der Waals surface area contributed by atoms with Crippen molar-refractivity contribution in [1.82, 2.24) is 0 Å². The number of hydrogen-bond donors (Lipinski definition) is 0. The Morgan fingerprint density at radius 2 is 1.71 bits per heavy atom. The Bertz CT molecular complexity index is 835. The number of benzene rings is 2. The summed E-state index contributed by atoms with van der Waals surface area (Å²) in [7, 11) is 3.11. The Morgan fingerprint density at radius 3 is 2.38 bits per heavy atom. The van der Waals surface area contributed by atoms with Gasteiger partial charge in [-0.1, -0.05) is 29.8 Å². The first kappa shape index (κ1) is 15.8. The molecule has 0 aliphatic carbocycles. The van der Waals surface area contributed by atoms with Crippen LogP contribution in [0.25, 0.3) is 6.08 Å². The molecular formula is C19H17NO4. The van der Waals surface area contributed by atoms with E-state index in [1.807, 2.05) is 31.2 Å². The number of esters is 1. The van der Waals surface area contributed by atoms with Gasteiger partial charge in [-0.15, -0.1) is 0 Å². The molecule has 0 bridgehead atoms. The maximum atomic E-state index is 12.0. The second kappa shape index (κ2) is 6.58. The van der Waals surface area contributed by atoms with Gasteiger partial charge in [0, 0.05) is 5.56 Å². The van der Waals surface area contributed by atoms with Crippen LogP contribution in [0.3, 0.4) is 0 Å². The van der Waals surface area contributed by atoms with E-state index < -0.39 is 5.97 Å². The first-order chi connectivity index (χ1) is 11.6. The van der Waals surface area contributed by atoms with Gasteiger partial charge in [-0.3, -0.25) is 0 Å². The summed E-state index contributed by atoms with van der Waals surface area (Å²) in [4.78, 5) is 16.3. The summed E-state index contributed by atoms with van der Waals surface area (Å²) in [5.74, 6) is 0.922. The minimum atomic E-state index is -0.472. The van der Waals surface area contributed by atoms with Crippen LogP contribution in [-0.4, -0.2) is 26.1 Å². The van der Waals surface area contributed by atoms with E-state index in [4.69, 9.17) is 14.2 Å². The third kappa shape index (κ3) is 3.15. The van der Waals surface area contributed by atoms with E-state index in [1.54, 1.807) is 38.5 Å². The van der Waals surface area contributed by atoms with Crippen LogP contribution in [0.4, 0.5) is 0 Å². The van der Waals surface area contributed by atoms with Crippen molar-refractivity contribution >= 4 is 17.9 Å². The summed E-state index contributed by atoms with van der Waals surface area (Å²) >= 11 is 0. The molecule has 5 heteroatoms. The maximum Gasteiger partial charge on any atom is 0.363 e. The van der Waals surface area contributed by atoms with Crippen molar-refractivity contribution in [3.63, 3.8) is 0 Å². The van der Waals surface area contributed by atoms with Gasteiger partial charge in [-0.25, -0.2) is 9.79 Å². The Kier molecular flexibility index (Phi) is 4.33. The minimum absolute atomic E-state index is 0.249. The summed E-state index contributed by atoms with van der Waals surface area (Å²) in [6.07, 6.45) is 1.70. The Labute approximate surface area is 140 Å². The fourth-order valence-corrected chi connectivity index (χ4v) is 2.32. The molecule has 0 saturated carbocycles. The smallest absolute Gasteiger partial charge is 0.363 e. The molecule has 0 radical (unpaired) electrons. The normalized spacial score (nSPS) is 15.2. The average molecular weight is 323 g/mol. The van der Waals surface area contributed by atoms with Crippen molar-refractivity contribution in [2.75, 3.05) is 14.2 Å². The highest BCUT2D eigenvalue weighted by Gasteiger charge is 2.24. The van der Waals surface area contributed by atoms with Crippen molar-refractivity contribution in [3.05, 3.63) is 64.9 Å². The van der Waals surface area contributed by atoms with Gasteiger partial charge in [-0.05, 0) is 36.8 Å². The first-order valence-corrected chi connectivity index (χ1v) is 7.42. The topological polar surface area (TPSA) is 57.1 Å². The highest BCUT2D eigenvalue weighted by atomic mass is 16.6. The largest absolute Gasteiger partial charge is 0.493 e. The molecule has 5 nitrogen and oxygen atoms in total. The lowest BCUT2D eigenvalue weighted by Gasteiger charge is -2.08. The van der Waals surface area contributed by atoms with Gasteiger partial charge in [0.15, 0.2) is 17.2 Å². The van der Waals surface area contributed by atoms with Gasteiger partial charge in [0.2, 0.25) is 5.90 Å². The minimum Gasteiger partial charge on any atom is -0.493 e. The molecule has 0 atom stereocenters. The van der Waals surface area contributed by atoms with Gasteiger partial charge in [0.1, 0.15) is 0 Å². The zero-order chi connectivity index (χ0) is 17.1. The summed E-state index contributed by atoms with van der Waals surface area (Å²) in [5, 5.41) is 0. The number of aryl methyl sites for hydroxylation is 1. The molecule has 0 amide bonds. The number of ether oxygens (including phenoxy) is 3. The Balaban J connectivity index is 1.93. The number of carbonyl (C=O) groups is 1. The summed E-state index contributed by atoms with van der Waals surface area (Å²) in [6.45, 7) is 2.01. The number of methoxy groups -OCH3 is 2. The molecule has 1 aliphatic heterocycles. The molecule has 122 valence electrons. The molecule has 0 unspecified atom stereocenters. The maximum absolute atomic E-state index is 12.0. The van der Waals surface area contributed by atoms with Crippen molar-refractivity contribution in [2.24, 2.45) is 4.99 Å². The van der Waals surface area contributed by atoms with E-state index in [0.29, 0.717) is 17.1 Å². The second-order valence-corrected chi connectivity index (χ2v) is 5.32. The quantitative estimate of drug-likeness (QED) is 0.639. The number of nitrogens with zero attached hydrogens (tertiary/aromatic N) is 1. The predicted molar refractivity (Wildman–Crippen MR) is 91.3 cm³/mol. The molecule has 0 N–H and O–H groups in total. The van der Waals surface area contributed by atoms with Crippen LogP contribution in [0, 0.1) is 6.92 Å².